The molecule has 39 heavy (non-hydrogen) atoms. The molecule has 0 aliphatic carbocycles. The normalized spacial score (nSPS) is 18.3. The third-order valence-electron chi connectivity index (χ3n) is 6.79. The molecule has 13 heteroatoms. The number of hydrogen-bond acceptors (Lipinski definition) is 6. The molecule has 2 atom stereocenters. The van der Waals surface area contributed by atoms with Gasteiger partial charge in [-0.25, -0.2) is 14.4 Å². The van der Waals surface area contributed by atoms with Gasteiger partial charge in [0, 0.05) is 35.3 Å². The largest absolute Gasteiger partial charge is 0.489 e. The average molecular weight is 543 g/mol. The first-order chi connectivity index (χ1) is 18.3. The fourth-order valence-corrected chi connectivity index (χ4v) is 4.30. The fourth-order valence-electron chi connectivity index (χ4n) is 4.30. The Balaban J connectivity index is 1.59. The van der Waals surface area contributed by atoms with Crippen molar-refractivity contribution in [2.45, 2.75) is 24.1 Å². The number of pyridine rings is 2. The van der Waals surface area contributed by atoms with E-state index in [1.54, 1.807) is 10.6 Å². The van der Waals surface area contributed by atoms with Crippen LogP contribution in [0.25, 0.3) is 16.9 Å². The zero-order chi connectivity index (χ0) is 28.2. The van der Waals surface area contributed by atoms with Crippen molar-refractivity contribution in [2.24, 2.45) is 5.73 Å². The topological polar surface area (TPSA) is 132 Å². The van der Waals surface area contributed by atoms with Gasteiger partial charge in [-0.15, -0.1) is 0 Å². The maximum absolute atomic E-state index is 14.5. The Kier molecular flexibility index (Phi) is 6.06. The number of alkyl halides is 3. The number of hydrogen-bond donors (Lipinski definition) is 3. The van der Waals surface area contributed by atoms with Gasteiger partial charge in [0.1, 0.15) is 34.9 Å². The minimum atomic E-state index is -5.32. The number of fused-ring (bicyclic) bond motifs is 2. The first kappa shape index (κ1) is 26.1. The molecular weight excluding hydrogens is 522 g/mol. The molecule has 4 heterocycles. The van der Waals surface area contributed by atoms with E-state index in [-0.39, 0.29) is 34.7 Å². The van der Waals surface area contributed by atoms with E-state index >= 15 is 0 Å². The van der Waals surface area contributed by atoms with E-state index in [1.807, 2.05) is 0 Å². The molecular formula is C26H21F4N5O4. The molecule has 0 saturated heterocycles. The van der Waals surface area contributed by atoms with Crippen molar-refractivity contribution < 1.29 is 37.0 Å². The van der Waals surface area contributed by atoms with Crippen molar-refractivity contribution in [2.75, 3.05) is 13.2 Å². The van der Waals surface area contributed by atoms with Gasteiger partial charge in [0.15, 0.2) is 0 Å². The third-order valence-corrected chi connectivity index (χ3v) is 6.79. The van der Waals surface area contributed by atoms with Gasteiger partial charge < -0.3 is 25.3 Å². The minimum absolute atomic E-state index is 0.0156. The third kappa shape index (κ3) is 4.34. The molecule has 1 aliphatic heterocycles. The van der Waals surface area contributed by atoms with E-state index in [9.17, 15) is 32.3 Å². The summed E-state index contributed by atoms with van der Waals surface area (Å²) in [4.78, 5) is 33.1. The van der Waals surface area contributed by atoms with Crippen molar-refractivity contribution in [1.82, 2.24) is 19.7 Å². The molecule has 9 nitrogen and oxygen atoms in total. The molecule has 1 unspecified atom stereocenters. The molecule has 1 aliphatic rings. The molecule has 0 radical (unpaired) electrons. The SMILES string of the molecule is C[C@]1(C(N)=O)COc2c1cc(C(O)(CNC(=O)c1ccn3ccnc3c1)C(F)(F)F)nc2-c1ccc(F)cc1. The molecule has 0 bridgehead atoms. The Morgan fingerprint density at radius 3 is 2.56 bits per heavy atom. The van der Waals surface area contributed by atoms with Crippen LogP contribution < -0.4 is 15.8 Å². The zero-order valence-electron chi connectivity index (χ0n) is 20.3. The highest BCUT2D eigenvalue weighted by Crippen LogP contribution is 2.47. The lowest BCUT2D eigenvalue weighted by molar-refractivity contribution is -0.265. The monoisotopic (exact) mass is 543 g/mol. The molecule has 2 amide bonds. The number of aliphatic hydroxyl groups is 1. The van der Waals surface area contributed by atoms with Gasteiger partial charge in [0.25, 0.3) is 5.91 Å². The summed E-state index contributed by atoms with van der Waals surface area (Å²) in [7, 11) is 0. The highest BCUT2D eigenvalue weighted by atomic mass is 19.4. The molecule has 202 valence electrons. The van der Waals surface area contributed by atoms with E-state index in [2.05, 4.69) is 15.3 Å². The van der Waals surface area contributed by atoms with Gasteiger partial charge in [-0.05, 0) is 49.4 Å². The van der Waals surface area contributed by atoms with E-state index in [1.165, 1.54) is 43.6 Å². The maximum atomic E-state index is 14.5. The van der Waals surface area contributed by atoms with Gasteiger partial charge >= 0.3 is 6.18 Å². The second-order valence-electron chi connectivity index (χ2n) is 9.37. The second-order valence-corrected chi connectivity index (χ2v) is 9.37. The van der Waals surface area contributed by atoms with E-state index in [0.29, 0.717) is 5.65 Å². The molecule has 1 aromatic carbocycles. The van der Waals surface area contributed by atoms with Crippen LogP contribution in [0, 0.1) is 5.82 Å². The predicted molar refractivity (Wildman–Crippen MR) is 129 cm³/mol. The van der Waals surface area contributed by atoms with Crippen LogP contribution in [-0.4, -0.2) is 50.6 Å². The first-order valence-corrected chi connectivity index (χ1v) is 11.6. The average Bonchev–Trinajstić information content (AvgIpc) is 3.51. The number of amides is 2. The number of nitrogens with one attached hydrogen (secondary N) is 1. The Hall–Kier alpha value is -4.52. The van der Waals surface area contributed by atoms with Crippen molar-refractivity contribution in [1.29, 1.82) is 0 Å². The van der Waals surface area contributed by atoms with Crippen LogP contribution in [0.4, 0.5) is 17.6 Å². The standard InChI is InChI=1S/C26H21F4N5O4/c1-24(23(31)37)13-39-21-17(24)11-18(34-20(21)14-2-4-16(27)5-3-14)25(38,26(28,29)30)12-33-22(36)15-6-8-35-9-7-32-19(35)10-15/h2-11,38H,12-13H2,1H3,(H2,31,37)(H,33,36)/t24-,25?/m0/s1. The number of halogens is 4. The molecule has 5 rings (SSSR count). The predicted octanol–water partition coefficient (Wildman–Crippen LogP) is 2.85. The number of primary amides is 1. The number of benzene rings is 1. The van der Waals surface area contributed by atoms with Gasteiger partial charge in [-0.1, -0.05) is 0 Å². The van der Waals surface area contributed by atoms with E-state index in [0.717, 1.165) is 18.2 Å². The van der Waals surface area contributed by atoms with Gasteiger partial charge in [-0.3, -0.25) is 9.59 Å². The summed E-state index contributed by atoms with van der Waals surface area (Å²) >= 11 is 0. The number of carbonyl (C=O) groups excluding carboxylic acids is 2. The Bertz CT molecular complexity index is 1600. The number of nitrogens with zero attached hydrogens (tertiary/aromatic N) is 3. The number of aromatic nitrogens is 3. The Labute approximate surface area is 218 Å². The van der Waals surface area contributed by atoms with Crippen LogP contribution in [-0.2, 0) is 15.8 Å². The quantitative estimate of drug-likeness (QED) is 0.321. The lowest BCUT2D eigenvalue weighted by atomic mass is 9.81. The fraction of sp³-hybridized carbons (Fsp3) is 0.231. The Morgan fingerprint density at radius 2 is 1.90 bits per heavy atom. The van der Waals surface area contributed by atoms with Crippen molar-refractivity contribution in [3.8, 4) is 17.0 Å². The molecule has 4 N–H and O–H groups in total. The summed E-state index contributed by atoms with van der Waals surface area (Å²) in [5.41, 5.74) is -0.195. The summed E-state index contributed by atoms with van der Waals surface area (Å²) in [6, 6.07) is 8.34. The molecule has 0 saturated carbocycles. The van der Waals surface area contributed by atoms with E-state index in [4.69, 9.17) is 10.5 Å². The summed E-state index contributed by atoms with van der Waals surface area (Å²) in [6.45, 7) is -0.203. The number of carbonyl (C=O) groups is 2. The minimum Gasteiger partial charge on any atom is -0.489 e. The molecule has 0 spiro atoms. The highest BCUT2D eigenvalue weighted by Gasteiger charge is 2.57. The molecule has 4 aromatic rings. The second kappa shape index (κ2) is 9.05. The summed E-state index contributed by atoms with van der Waals surface area (Å²) in [5.74, 6) is -2.39. The smallest absolute Gasteiger partial charge is 0.424 e. The summed E-state index contributed by atoms with van der Waals surface area (Å²) in [5, 5.41) is 13.2. The number of imidazole rings is 1. The lowest BCUT2D eigenvalue weighted by Crippen LogP contribution is -2.51. The highest BCUT2D eigenvalue weighted by molar-refractivity contribution is 5.95. The van der Waals surface area contributed by atoms with Crippen LogP contribution in [0.1, 0.15) is 28.5 Å². The van der Waals surface area contributed by atoms with Crippen molar-refractivity contribution in [3.05, 3.63) is 83.7 Å². The van der Waals surface area contributed by atoms with Crippen LogP contribution in [0.3, 0.4) is 0 Å². The van der Waals surface area contributed by atoms with E-state index < -0.39 is 47.1 Å². The Morgan fingerprint density at radius 1 is 1.18 bits per heavy atom. The van der Waals surface area contributed by atoms with Gasteiger partial charge in [0.05, 0.1) is 12.2 Å². The van der Waals surface area contributed by atoms with Gasteiger partial charge in [-0.2, -0.15) is 13.2 Å². The summed E-state index contributed by atoms with van der Waals surface area (Å²) in [6.07, 6.45) is -0.700. The first-order valence-electron chi connectivity index (χ1n) is 11.6. The number of rotatable bonds is 6. The molecule has 3 aromatic heterocycles. The molecule has 0 fully saturated rings. The van der Waals surface area contributed by atoms with Crippen molar-refractivity contribution >= 4 is 17.5 Å². The number of nitrogens with two attached hydrogens (primary N) is 1. The van der Waals surface area contributed by atoms with Crippen LogP contribution in [0.2, 0.25) is 0 Å². The van der Waals surface area contributed by atoms with Gasteiger partial charge in [0.2, 0.25) is 11.5 Å². The summed E-state index contributed by atoms with van der Waals surface area (Å²) < 4.78 is 64.2. The lowest BCUT2D eigenvalue weighted by Gasteiger charge is -2.31. The van der Waals surface area contributed by atoms with Crippen LogP contribution in [0.15, 0.2) is 61.1 Å². The van der Waals surface area contributed by atoms with Crippen LogP contribution in [0.5, 0.6) is 5.75 Å². The number of ether oxygens (including phenoxy) is 1. The van der Waals surface area contributed by atoms with Crippen LogP contribution >= 0.6 is 0 Å². The zero-order valence-corrected chi connectivity index (χ0v) is 20.3. The maximum Gasteiger partial charge on any atom is 0.424 e. The van der Waals surface area contributed by atoms with Crippen molar-refractivity contribution in [3.63, 3.8) is 0 Å².